The SMILES string of the molecule is COc1ccc(CCC(=O)N(C)C(C)c2cc3ccccc3o2)cc1. The van der Waals surface area contributed by atoms with Crippen molar-refractivity contribution >= 4 is 16.9 Å². The van der Waals surface area contributed by atoms with Gasteiger partial charge >= 0.3 is 0 Å². The third-order valence-corrected chi connectivity index (χ3v) is 4.62. The molecular weight excluding hydrogens is 314 g/mol. The van der Waals surface area contributed by atoms with Gasteiger partial charge in [-0.2, -0.15) is 0 Å². The van der Waals surface area contributed by atoms with Gasteiger partial charge in [-0.05, 0) is 43.2 Å². The Hall–Kier alpha value is -2.75. The van der Waals surface area contributed by atoms with Crippen molar-refractivity contribution in [2.24, 2.45) is 0 Å². The first-order valence-corrected chi connectivity index (χ1v) is 8.45. The molecule has 2 aromatic carbocycles. The second-order valence-electron chi connectivity index (χ2n) is 6.22. The van der Waals surface area contributed by atoms with E-state index in [4.69, 9.17) is 9.15 Å². The van der Waals surface area contributed by atoms with Gasteiger partial charge in [-0.3, -0.25) is 4.79 Å². The van der Waals surface area contributed by atoms with Gasteiger partial charge in [-0.15, -0.1) is 0 Å². The molecule has 0 spiro atoms. The van der Waals surface area contributed by atoms with Gasteiger partial charge in [0.2, 0.25) is 5.91 Å². The summed E-state index contributed by atoms with van der Waals surface area (Å²) in [5.41, 5.74) is 1.97. The van der Waals surface area contributed by atoms with Gasteiger partial charge in [0.05, 0.1) is 13.2 Å². The average Bonchev–Trinajstić information content (AvgIpc) is 3.09. The maximum atomic E-state index is 12.5. The molecule has 0 aliphatic carbocycles. The number of fused-ring (bicyclic) bond motifs is 1. The van der Waals surface area contributed by atoms with E-state index in [0.29, 0.717) is 12.8 Å². The van der Waals surface area contributed by atoms with Crippen LogP contribution in [0.2, 0.25) is 0 Å². The predicted molar refractivity (Wildman–Crippen MR) is 98.7 cm³/mol. The van der Waals surface area contributed by atoms with Gasteiger partial charge in [-0.25, -0.2) is 0 Å². The van der Waals surface area contributed by atoms with Crippen LogP contribution in [-0.4, -0.2) is 25.0 Å². The van der Waals surface area contributed by atoms with Crippen LogP contribution in [-0.2, 0) is 11.2 Å². The Bertz CT molecular complexity index is 818. The fraction of sp³-hybridized carbons (Fsp3) is 0.286. The normalized spacial score (nSPS) is 12.1. The van der Waals surface area contributed by atoms with Gasteiger partial charge in [0.15, 0.2) is 0 Å². The van der Waals surface area contributed by atoms with Gasteiger partial charge in [0, 0.05) is 18.9 Å². The van der Waals surface area contributed by atoms with Crippen LogP contribution in [0.5, 0.6) is 5.75 Å². The summed E-state index contributed by atoms with van der Waals surface area (Å²) in [6.45, 7) is 1.99. The zero-order valence-electron chi connectivity index (χ0n) is 14.9. The minimum absolute atomic E-state index is 0.101. The molecule has 0 aliphatic heterocycles. The Labute approximate surface area is 148 Å². The van der Waals surface area contributed by atoms with Crippen LogP contribution in [0, 0.1) is 0 Å². The summed E-state index contributed by atoms with van der Waals surface area (Å²) in [6, 6.07) is 17.6. The summed E-state index contributed by atoms with van der Waals surface area (Å²) in [5, 5.41) is 1.06. The number of carbonyl (C=O) groups excluding carboxylic acids is 1. The molecule has 4 heteroatoms. The molecule has 4 nitrogen and oxygen atoms in total. The first kappa shape index (κ1) is 17.1. The minimum atomic E-state index is -0.101. The largest absolute Gasteiger partial charge is 0.497 e. The maximum Gasteiger partial charge on any atom is 0.223 e. The van der Waals surface area contributed by atoms with E-state index in [9.17, 15) is 4.79 Å². The molecule has 1 heterocycles. The first-order chi connectivity index (χ1) is 12.1. The molecule has 0 N–H and O–H groups in total. The number of furan rings is 1. The van der Waals surface area contributed by atoms with Crippen LogP contribution in [0.25, 0.3) is 11.0 Å². The van der Waals surface area contributed by atoms with Crippen LogP contribution >= 0.6 is 0 Å². The number of aryl methyl sites for hydroxylation is 1. The van der Waals surface area contributed by atoms with Gasteiger partial charge in [0.25, 0.3) is 0 Å². The van der Waals surface area contributed by atoms with Crippen molar-refractivity contribution in [3.8, 4) is 5.75 Å². The molecule has 3 aromatic rings. The second kappa shape index (κ2) is 7.43. The number of benzene rings is 2. The standard InChI is InChI=1S/C21H23NO3/c1-15(20-14-17-6-4-5-7-19(17)25-20)22(2)21(23)13-10-16-8-11-18(24-3)12-9-16/h4-9,11-12,14-15H,10,13H2,1-3H3. The molecule has 3 rings (SSSR count). The monoisotopic (exact) mass is 337 g/mol. The Morgan fingerprint density at radius 3 is 2.56 bits per heavy atom. The third-order valence-electron chi connectivity index (χ3n) is 4.62. The van der Waals surface area contributed by atoms with Crippen LogP contribution < -0.4 is 4.74 Å². The van der Waals surface area contributed by atoms with E-state index in [1.165, 1.54) is 0 Å². The van der Waals surface area contributed by atoms with E-state index in [1.807, 2.05) is 68.6 Å². The Kier molecular flexibility index (Phi) is 5.08. The molecule has 0 saturated heterocycles. The molecule has 1 unspecified atom stereocenters. The number of methoxy groups -OCH3 is 1. The van der Waals surface area contributed by atoms with Crippen molar-refractivity contribution in [3.05, 3.63) is 65.9 Å². The van der Waals surface area contributed by atoms with Crippen molar-refractivity contribution in [3.63, 3.8) is 0 Å². The highest BCUT2D eigenvalue weighted by molar-refractivity contribution is 5.79. The molecule has 0 aliphatic rings. The van der Waals surface area contributed by atoms with E-state index >= 15 is 0 Å². The van der Waals surface area contributed by atoms with Crippen molar-refractivity contribution in [1.82, 2.24) is 4.90 Å². The number of rotatable bonds is 6. The van der Waals surface area contributed by atoms with Crippen molar-refractivity contribution in [1.29, 1.82) is 0 Å². The summed E-state index contributed by atoms with van der Waals surface area (Å²) < 4.78 is 11.0. The maximum absolute atomic E-state index is 12.5. The molecule has 1 amide bonds. The smallest absolute Gasteiger partial charge is 0.223 e. The predicted octanol–water partition coefficient (Wildman–Crippen LogP) is 4.59. The van der Waals surface area contributed by atoms with Crippen molar-refractivity contribution < 1.29 is 13.9 Å². The Balaban J connectivity index is 1.62. The molecule has 1 aromatic heterocycles. The third kappa shape index (κ3) is 3.85. The number of hydrogen-bond donors (Lipinski definition) is 0. The van der Waals surface area contributed by atoms with E-state index in [0.717, 1.165) is 28.0 Å². The lowest BCUT2D eigenvalue weighted by atomic mass is 10.1. The van der Waals surface area contributed by atoms with Crippen LogP contribution in [0.3, 0.4) is 0 Å². The second-order valence-corrected chi connectivity index (χ2v) is 6.22. The number of amides is 1. The summed E-state index contributed by atoms with van der Waals surface area (Å²) >= 11 is 0. The average molecular weight is 337 g/mol. The number of para-hydroxylation sites is 1. The molecule has 0 saturated carbocycles. The van der Waals surface area contributed by atoms with Crippen molar-refractivity contribution in [2.75, 3.05) is 14.2 Å². The highest BCUT2D eigenvalue weighted by atomic mass is 16.5. The first-order valence-electron chi connectivity index (χ1n) is 8.45. The highest BCUT2D eigenvalue weighted by Crippen LogP contribution is 2.27. The zero-order chi connectivity index (χ0) is 17.8. The molecule has 1 atom stereocenters. The quantitative estimate of drug-likeness (QED) is 0.660. The summed E-state index contributed by atoms with van der Waals surface area (Å²) in [7, 11) is 3.47. The van der Waals surface area contributed by atoms with E-state index in [-0.39, 0.29) is 11.9 Å². The number of ether oxygens (including phenoxy) is 1. The molecular formula is C21H23NO3. The topological polar surface area (TPSA) is 42.7 Å². The molecule has 0 bridgehead atoms. The highest BCUT2D eigenvalue weighted by Gasteiger charge is 2.20. The Morgan fingerprint density at radius 2 is 1.88 bits per heavy atom. The fourth-order valence-corrected chi connectivity index (χ4v) is 2.83. The zero-order valence-corrected chi connectivity index (χ0v) is 14.9. The summed E-state index contributed by atoms with van der Waals surface area (Å²) in [4.78, 5) is 14.3. The Morgan fingerprint density at radius 1 is 1.16 bits per heavy atom. The summed E-state index contributed by atoms with van der Waals surface area (Å²) in [6.07, 6.45) is 1.17. The molecule has 130 valence electrons. The van der Waals surface area contributed by atoms with E-state index in [1.54, 1.807) is 12.0 Å². The fourth-order valence-electron chi connectivity index (χ4n) is 2.83. The molecule has 0 fully saturated rings. The minimum Gasteiger partial charge on any atom is -0.497 e. The number of carbonyl (C=O) groups is 1. The van der Waals surface area contributed by atoms with Crippen LogP contribution in [0.1, 0.15) is 30.7 Å². The molecule has 0 radical (unpaired) electrons. The van der Waals surface area contributed by atoms with Gasteiger partial charge in [-0.1, -0.05) is 30.3 Å². The van der Waals surface area contributed by atoms with E-state index in [2.05, 4.69) is 0 Å². The number of hydrogen-bond acceptors (Lipinski definition) is 3. The van der Waals surface area contributed by atoms with E-state index < -0.39 is 0 Å². The lowest BCUT2D eigenvalue weighted by Crippen LogP contribution is -2.29. The van der Waals surface area contributed by atoms with Crippen LogP contribution in [0.15, 0.2) is 59.0 Å². The number of nitrogens with zero attached hydrogens (tertiary/aromatic N) is 1. The lowest BCUT2D eigenvalue weighted by molar-refractivity contribution is -0.132. The summed E-state index contributed by atoms with van der Waals surface area (Å²) in [5.74, 6) is 1.73. The molecule has 25 heavy (non-hydrogen) atoms. The van der Waals surface area contributed by atoms with Crippen molar-refractivity contribution in [2.45, 2.75) is 25.8 Å². The van der Waals surface area contributed by atoms with Gasteiger partial charge in [0.1, 0.15) is 17.1 Å². The lowest BCUT2D eigenvalue weighted by Gasteiger charge is -2.23. The van der Waals surface area contributed by atoms with Crippen LogP contribution in [0.4, 0.5) is 0 Å². The van der Waals surface area contributed by atoms with Gasteiger partial charge < -0.3 is 14.1 Å².